The summed E-state index contributed by atoms with van der Waals surface area (Å²) in [6.07, 6.45) is 1.78. The zero-order chi connectivity index (χ0) is 14.8. The number of pyridine rings is 1. The first-order valence-electron chi connectivity index (χ1n) is 6.74. The summed E-state index contributed by atoms with van der Waals surface area (Å²) in [6, 6.07) is 11.9. The lowest BCUT2D eigenvalue weighted by molar-refractivity contribution is 0.403. The molecule has 0 bridgehead atoms. The topological polar surface area (TPSA) is 31.2 Å². The maximum Gasteiger partial charge on any atom is 0.293 e. The average molecular weight is 271 g/mol. The van der Waals surface area contributed by atoms with Crippen molar-refractivity contribution in [2.45, 2.75) is 32.7 Å². The molecular weight excluding hydrogens is 250 g/mol. The summed E-state index contributed by atoms with van der Waals surface area (Å²) in [7, 11) is 1.51. The molecule has 3 nitrogen and oxygen atoms in total. The van der Waals surface area contributed by atoms with E-state index in [0.29, 0.717) is 12.3 Å². The number of methoxy groups -OCH3 is 1. The van der Waals surface area contributed by atoms with Gasteiger partial charge in [0.2, 0.25) is 0 Å². The van der Waals surface area contributed by atoms with Crippen LogP contribution in [-0.4, -0.2) is 11.7 Å². The van der Waals surface area contributed by atoms with Crippen molar-refractivity contribution in [3.05, 3.63) is 64.1 Å². The second-order valence-corrected chi connectivity index (χ2v) is 5.96. The van der Waals surface area contributed by atoms with Crippen LogP contribution in [0.3, 0.4) is 0 Å². The van der Waals surface area contributed by atoms with Crippen molar-refractivity contribution in [2.75, 3.05) is 7.11 Å². The third-order valence-electron chi connectivity index (χ3n) is 3.38. The van der Waals surface area contributed by atoms with Crippen LogP contribution in [-0.2, 0) is 12.0 Å². The zero-order valence-corrected chi connectivity index (χ0v) is 12.5. The normalized spacial score (nSPS) is 11.4. The van der Waals surface area contributed by atoms with E-state index < -0.39 is 0 Å². The van der Waals surface area contributed by atoms with Crippen molar-refractivity contribution in [1.29, 1.82) is 0 Å². The molecule has 0 radical (unpaired) electrons. The Bertz CT molecular complexity index is 633. The van der Waals surface area contributed by atoms with Gasteiger partial charge in [0.15, 0.2) is 5.75 Å². The van der Waals surface area contributed by atoms with E-state index in [-0.39, 0.29) is 11.0 Å². The molecule has 106 valence electrons. The number of nitrogens with zero attached hydrogens (tertiary/aromatic N) is 1. The van der Waals surface area contributed by atoms with Crippen LogP contribution < -0.4 is 10.3 Å². The van der Waals surface area contributed by atoms with Gasteiger partial charge in [0.1, 0.15) is 0 Å². The van der Waals surface area contributed by atoms with Gasteiger partial charge in [-0.25, -0.2) is 0 Å². The highest BCUT2D eigenvalue weighted by atomic mass is 16.5. The molecular formula is C17H21NO2. The Labute approximate surface area is 119 Å². The maximum atomic E-state index is 12.1. The van der Waals surface area contributed by atoms with E-state index in [1.54, 1.807) is 16.8 Å². The summed E-state index contributed by atoms with van der Waals surface area (Å²) in [4.78, 5) is 12.1. The molecule has 0 aliphatic carbocycles. The van der Waals surface area contributed by atoms with Crippen LogP contribution in [0.1, 0.15) is 31.9 Å². The van der Waals surface area contributed by atoms with E-state index in [2.05, 4.69) is 45.0 Å². The highest BCUT2D eigenvalue weighted by Gasteiger charge is 2.13. The molecule has 1 aromatic heterocycles. The van der Waals surface area contributed by atoms with Crippen LogP contribution >= 0.6 is 0 Å². The Hall–Kier alpha value is -2.03. The van der Waals surface area contributed by atoms with Gasteiger partial charge in [-0.3, -0.25) is 4.79 Å². The number of benzene rings is 1. The molecule has 3 heteroatoms. The van der Waals surface area contributed by atoms with Gasteiger partial charge in [0.05, 0.1) is 13.7 Å². The van der Waals surface area contributed by atoms with E-state index in [0.717, 1.165) is 5.56 Å². The molecule has 0 unspecified atom stereocenters. The van der Waals surface area contributed by atoms with Crippen molar-refractivity contribution in [3.63, 3.8) is 0 Å². The predicted molar refractivity (Wildman–Crippen MR) is 81.5 cm³/mol. The minimum absolute atomic E-state index is 0.102. The largest absolute Gasteiger partial charge is 0.491 e. The van der Waals surface area contributed by atoms with Gasteiger partial charge in [-0.15, -0.1) is 0 Å². The van der Waals surface area contributed by atoms with E-state index in [1.165, 1.54) is 12.7 Å². The first-order valence-corrected chi connectivity index (χ1v) is 6.74. The highest BCUT2D eigenvalue weighted by Crippen LogP contribution is 2.22. The van der Waals surface area contributed by atoms with Gasteiger partial charge >= 0.3 is 0 Å². The summed E-state index contributed by atoms with van der Waals surface area (Å²) in [5.74, 6) is 0.374. The van der Waals surface area contributed by atoms with Crippen molar-refractivity contribution in [2.24, 2.45) is 0 Å². The first-order chi connectivity index (χ1) is 9.41. The SMILES string of the molecule is COc1cccn(Cc2ccc(C(C)(C)C)cc2)c1=O. The third-order valence-corrected chi connectivity index (χ3v) is 3.38. The number of hydrogen-bond donors (Lipinski definition) is 0. The number of rotatable bonds is 3. The quantitative estimate of drug-likeness (QED) is 0.858. The van der Waals surface area contributed by atoms with E-state index in [9.17, 15) is 4.79 Å². The van der Waals surface area contributed by atoms with Crippen molar-refractivity contribution in [1.82, 2.24) is 4.57 Å². The Kier molecular flexibility index (Phi) is 3.98. The summed E-state index contributed by atoms with van der Waals surface area (Å²) < 4.78 is 6.71. The second kappa shape index (κ2) is 5.53. The molecule has 0 spiro atoms. The Morgan fingerprint density at radius 3 is 2.30 bits per heavy atom. The van der Waals surface area contributed by atoms with Gasteiger partial charge in [0, 0.05) is 6.20 Å². The van der Waals surface area contributed by atoms with Crippen LogP contribution in [0.2, 0.25) is 0 Å². The minimum Gasteiger partial charge on any atom is -0.491 e. The van der Waals surface area contributed by atoms with Crippen LogP contribution in [0.5, 0.6) is 5.75 Å². The van der Waals surface area contributed by atoms with Gasteiger partial charge in [-0.2, -0.15) is 0 Å². The summed E-state index contributed by atoms with van der Waals surface area (Å²) in [6.45, 7) is 7.12. The van der Waals surface area contributed by atoms with Crippen molar-refractivity contribution < 1.29 is 4.74 Å². The van der Waals surface area contributed by atoms with Gasteiger partial charge in [-0.05, 0) is 28.7 Å². The molecule has 0 amide bonds. The molecule has 1 aromatic carbocycles. The fraction of sp³-hybridized carbons (Fsp3) is 0.353. The zero-order valence-electron chi connectivity index (χ0n) is 12.5. The molecule has 0 N–H and O–H groups in total. The molecule has 0 saturated heterocycles. The number of hydrogen-bond acceptors (Lipinski definition) is 2. The predicted octanol–water partition coefficient (Wildman–Crippen LogP) is 3.20. The lowest BCUT2D eigenvalue weighted by Crippen LogP contribution is -2.21. The van der Waals surface area contributed by atoms with Gasteiger partial charge in [-0.1, -0.05) is 45.0 Å². The molecule has 0 fully saturated rings. The van der Waals surface area contributed by atoms with Crippen LogP contribution in [0.4, 0.5) is 0 Å². The Morgan fingerprint density at radius 1 is 1.10 bits per heavy atom. The lowest BCUT2D eigenvalue weighted by atomic mass is 9.87. The first kappa shape index (κ1) is 14.4. The monoisotopic (exact) mass is 271 g/mol. The molecule has 0 aliphatic heterocycles. The van der Waals surface area contributed by atoms with Crippen LogP contribution in [0.15, 0.2) is 47.4 Å². The Morgan fingerprint density at radius 2 is 1.75 bits per heavy atom. The number of ether oxygens (including phenoxy) is 1. The summed E-state index contributed by atoms with van der Waals surface area (Å²) in [5.41, 5.74) is 2.44. The molecule has 2 rings (SSSR count). The standard InChI is InChI=1S/C17H21NO2/c1-17(2,3)14-9-7-13(8-10-14)12-18-11-5-6-15(20-4)16(18)19/h5-11H,12H2,1-4H3. The second-order valence-electron chi connectivity index (χ2n) is 5.96. The van der Waals surface area contributed by atoms with Crippen molar-refractivity contribution in [3.8, 4) is 5.75 Å². The maximum absolute atomic E-state index is 12.1. The van der Waals surface area contributed by atoms with Crippen LogP contribution in [0.25, 0.3) is 0 Å². The minimum atomic E-state index is -0.102. The fourth-order valence-corrected chi connectivity index (χ4v) is 2.10. The molecule has 0 saturated carbocycles. The fourth-order valence-electron chi connectivity index (χ4n) is 2.10. The average Bonchev–Trinajstić information content (AvgIpc) is 2.41. The van der Waals surface area contributed by atoms with E-state index in [4.69, 9.17) is 4.74 Å². The highest BCUT2D eigenvalue weighted by molar-refractivity contribution is 5.28. The molecule has 1 heterocycles. The van der Waals surface area contributed by atoms with E-state index in [1.807, 2.05) is 6.07 Å². The molecule has 2 aromatic rings. The van der Waals surface area contributed by atoms with Crippen LogP contribution in [0, 0.1) is 0 Å². The van der Waals surface area contributed by atoms with Gasteiger partial charge in [0.25, 0.3) is 5.56 Å². The molecule has 0 aliphatic rings. The smallest absolute Gasteiger partial charge is 0.293 e. The third kappa shape index (κ3) is 3.10. The number of aromatic nitrogens is 1. The molecule has 0 atom stereocenters. The lowest BCUT2D eigenvalue weighted by Gasteiger charge is -2.19. The van der Waals surface area contributed by atoms with E-state index >= 15 is 0 Å². The molecule has 20 heavy (non-hydrogen) atoms. The van der Waals surface area contributed by atoms with Crippen molar-refractivity contribution >= 4 is 0 Å². The van der Waals surface area contributed by atoms with Gasteiger partial charge < -0.3 is 9.30 Å². The summed E-state index contributed by atoms with van der Waals surface area (Å²) in [5, 5.41) is 0. The summed E-state index contributed by atoms with van der Waals surface area (Å²) >= 11 is 0. The Balaban J connectivity index is 2.25.